The van der Waals surface area contributed by atoms with Crippen molar-refractivity contribution in [3.8, 4) is 0 Å². The number of hydrogen-bond donors (Lipinski definition) is 1. The summed E-state index contributed by atoms with van der Waals surface area (Å²) in [5, 5.41) is 6.83. The van der Waals surface area contributed by atoms with Crippen molar-refractivity contribution in [1.82, 2.24) is 15.4 Å². The lowest BCUT2D eigenvalue weighted by Crippen LogP contribution is -2.41. The van der Waals surface area contributed by atoms with Gasteiger partial charge in [-0.15, -0.1) is 0 Å². The third-order valence-corrected chi connectivity index (χ3v) is 4.75. The first-order valence-electron chi connectivity index (χ1n) is 8.67. The van der Waals surface area contributed by atoms with Gasteiger partial charge in [-0.25, -0.2) is 0 Å². The average molecular weight is 343 g/mol. The highest BCUT2D eigenvalue weighted by atomic mass is 16.5. The molecule has 0 spiro atoms. The standard InChI is InChI=1S/C19H25N3O3/c1-22-10-6-9-15(18(22)14-7-4-3-5-8-14)12-20-19(23)17-11-16(13-24-2)25-21-17/h3-5,7-8,11,15,18H,6,9-10,12-13H2,1-2H3,(H,20,23). The average Bonchev–Trinajstić information content (AvgIpc) is 3.09. The van der Waals surface area contributed by atoms with E-state index >= 15 is 0 Å². The molecular formula is C19H25N3O3. The molecule has 6 heteroatoms. The fourth-order valence-corrected chi connectivity index (χ4v) is 3.59. The van der Waals surface area contributed by atoms with Crippen molar-refractivity contribution >= 4 is 5.91 Å². The molecule has 2 aromatic rings. The third kappa shape index (κ3) is 4.27. The quantitative estimate of drug-likeness (QED) is 0.873. The summed E-state index contributed by atoms with van der Waals surface area (Å²) >= 11 is 0. The molecule has 1 N–H and O–H groups in total. The Labute approximate surface area is 148 Å². The van der Waals surface area contributed by atoms with Crippen LogP contribution in [-0.4, -0.2) is 43.2 Å². The van der Waals surface area contributed by atoms with Gasteiger partial charge in [-0.2, -0.15) is 0 Å². The van der Waals surface area contributed by atoms with Crippen LogP contribution in [0.1, 0.15) is 40.7 Å². The maximum atomic E-state index is 12.3. The molecule has 134 valence electrons. The first-order valence-corrected chi connectivity index (χ1v) is 8.67. The molecule has 2 atom stereocenters. The normalized spacial score (nSPS) is 21.2. The Morgan fingerprint density at radius 2 is 2.20 bits per heavy atom. The van der Waals surface area contributed by atoms with E-state index in [-0.39, 0.29) is 5.91 Å². The number of amides is 1. The van der Waals surface area contributed by atoms with E-state index < -0.39 is 0 Å². The molecule has 3 rings (SSSR count). The van der Waals surface area contributed by atoms with Gasteiger partial charge in [0.1, 0.15) is 6.61 Å². The lowest BCUT2D eigenvalue weighted by Gasteiger charge is -2.39. The topological polar surface area (TPSA) is 67.6 Å². The molecule has 1 saturated heterocycles. The molecule has 1 aromatic carbocycles. The van der Waals surface area contributed by atoms with Crippen molar-refractivity contribution in [2.24, 2.45) is 5.92 Å². The smallest absolute Gasteiger partial charge is 0.273 e. The van der Waals surface area contributed by atoms with Gasteiger partial charge in [-0.3, -0.25) is 9.69 Å². The number of hydrogen-bond acceptors (Lipinski definition) is 5. The predicted molar refractivity (Wildman–Crippen MR) is 94.1 cm³/mol. The summed E-state index contributed by atoms with van der Waals surface area (Å²) in [5.74, 6) is 0.716. The van der Waals surface area contributed by atoms with Crippen LogP contribution in [0.25, 0.3) is 0 Å². The van der Waals surface area contributed by atoms with Gasteiger partial charge < -0.3 is 14.6 Å². The highest BCUT2D eigenvalue weighted by Gasteiger charge is 2.30. The molecule has 1 fully saturated rings. The van der Waals surface area contributed by atoms with E-state index in [9.17, 15) is 4.79 Å². The van der Waals surface area contributed by atoms with Gasteiger partial charge in [0.25, 0.3) is 5.91 Å². The van der Waals surface area contributed by atoms with Crippen molar-refractivity contribution in [3.05, 3.63) is 53.4 Å². The minimum atomic E-state index is -0.203. The van der Waals surface area contributed by atoms with Crippen LogP contribution in [0.2, 0.25) is 0 Å². The molecule has 6 nitrogen and oxygen atoms in total. The SMILES string of the molecule is COCc1cc(C(=O)NCC2CCCN(C)C2c2ccccc2)no1. The third-order valence-electron chi connectivity index (χ3n) is 4.75. The van der Waals surface area contributed by atoms with E-state index in [1.54, 1.807) is 13.2 Å². The van der Waals surface area contributed by atoms with Crippen LogP contribution in [0.5, 0.6) is 0 Å². The summed E-state index contributed by atoms with van der Waals surface area (Å²) < 4.78 is 10.1. The number of methoxy groups -OCH3 is 1. The van der Waals surface area contributed by atoms with E-state index in [0.717, 1.165) is 19.4 Å². The van der Waals surface area contributed by atoms with Crippen molar-refractivity contribution in [2.45, 2.75) is 25.5 Å². The Morgan fingerprint density at radius 1 is 1.40 bits per heavy atom. The van der Waals surface area contributed by atoms with Crippen LogP contribution in [0, 0.1) is 5.92 Å². The Hall–Kier alpha value is -2.18. The molecule has 1 aromatic heterocycles. The molecule has 2 unspecified atom stereocenters. The number of benzene rings is 1. The number of ether oxygens (including phenoxy) is 1. The number of carbonyl (C=O) groups is 1. The molecule has 0 radical (unpaired) electrons. The Kier molecular flexibility index (Phi) is 5.83. The van der Waals surface area contributed by atoms with Crippen LogP contribution < -0.4 is 5.32 Å². The Morgan fingerprint density at radius 3 is 2.96 bits per heavy atom. The lowest BCUT2D eigenvalue weighted by molar-refractivity contribution is 0.0882. The second kappa shape index (κ2) is 8.27. The number of piperidine rings is 1. The molecule has 0 aliphatic carbocycles. The van der Waals surface area contributed by atoms with E-state index in [4.69, 9.17) is 9.26 Å². The van der Waals surface area contributed by atoms with Gasteiger partial charge in [-0.1, -0.05) is 35.5 Å². The molecule has 1 aliphatic rings. The molecule has 0 saturated carbocycles. The summed E-state index contributed by atoms with van der Waals surface area (Å²) in [6.07, 6.45) is 2.24. The zero-order valence-corrected chi connectivity index (χ0v) is 14.8. The van der Waals surface area contributed by atoms with Crippen LogP contribution in [0.3, 0.4) is 0 Å². The molecule has 0 bridgehead atoms. The van der Waals surface area contributed by atoms with Crippen molar-refractivity contribution < 1.29 is 14.1 Å². The van der Waals surface area contributed by atoms with E-state index in [2.05, 4.69) is 46.7 Å². The summed E-state index contributed by atoms with van der Waals surface area (Å²) in [6, 6.07) is 12.4. The number of nitrogens with zero attached hydrogens (tertiary/aromatic N) is 2. The maximum Gasteiger partial charge on any atom is 0.273 e. The van der Waals surface area contributed by atoms with Crippen LogP contribution in [0.4, 0.5) is 0 Å². The summed E-state index contributed by atoms with van der Waals surface area (Å²) in [6.45, 7) is 2.01. The van der Waals surface area contributed by atoms with Crippen LogP contribution in [-0.2, 0) is 11.3 Å². The van der Waals surface area contributed by atoms with Gasteiger partial charge in [0, 0.05) is 25.8 Å². The minimum Gasteiger partial charge on any atom is -0.377 e. The number of aromatic nitrogens is 1. The maximum absolute atomic E-state index is 12.3. The molecular weight excluding hydrogens is 318 g/mol. The zero-order chi connectivity index (χ0) is 17.6. The zero-order valence-electron chi connectivity index (χ0n) is 14.8. The number of likely N-dealkylation sites (tertiary alicyclic amines) is 1. The highest BCUT2D eigenvalue weighted by Crippen LogP contribution is 2.34. The molecule has 25 heavy (non-hydrogen) atoms. The van der Waals surface area contributed by atoms with E-state index in [1.165, 1.54) is 5.56 Å². The first kappa shape index (κ1) is 17.6. The monoisotopic (exact) mass is 343 g/mol. The van der Waals surface area contributed by atoms with E-state index in [0.29, 0.717) is 36.6 Å². The van der Waals surface area contributed by atoms with Gasteiger partial charge in [-0.05, 0) is 37.9 Å². The van der Waals surface area contributed by atoms with Crippen molar-refractivity contribution in [3.63, 3.8) is 0 Å². The fourth-order valence-electron chi connectivity index (χ4n) is 3.59. The molecule has 2 heterocycles. The van der Waals surface area contributed by atoms with Gasteiger partial charge >= 0.3 is 0 Å². The first-order chi connectivity index (χ1) is 12.2. The summed E-state index contributed by atoms with van der Waals surface area (Å²) in [4.78, 5) is 14.7. The lowest BCUT2D eigenvalue weighted by atomic mass is 9.85. The molecule has 1 aliphatic heterocycles. The number of nitrogens with one attached hydrogen (secondary N) is 1. The van der Waals surface area contributed by atoms with Gasteiger partial charge in [0.15, 0.2) is 11.5 Å². The largest absolute Gasteiger partial charge is 0.377 e. The van der Waals surface area contributed by atoms with Crippen molar-refractivity contribution in [1.29, 1.82) is 0 Å². The molecule has 1 amide bonds. The van der Waals surface area contributed by atoms with Gasteiger partial charge in [0.2, 0.25) is 0 Å². The van der Waals surface area contributed by atoms with Crippen LogP contribution >= 0.6 is 0 Å². The number of rotatable bonds is 6. The second-order valence-corrected chi connectivity index (χ2v) is 6.56. The Bertz CT molecular complexity index is 686. The Balaban J connectivity index is 1.64. The summed E-state index contributed by atoms with van der Waals surface area (Å²) in [5.41, 5.74) is 1.60. The summed E-state index contributed by atoms with van der Waals surface area (Å²) in [7, 11) is 3.73. The van der Waals surface area contributed by atoms with Crippen molar-refractivity contribution in [2.75, 3.05) is 27.2 Å². The van der Waals surface area contributed by atoms with Crippen LogP contribution in [0.15, 0.2) is 40.9 Å². The minimum absolute atomic E-state index is 0.203. The van der Waals surface area contributed by atoms with E-state index in [1.807, 2.05) is 6.07 Å². The predicted octanol–water partition coefficient (Wildman–Crippen LogP) is 2.63. The van der Waals surface area contributed by atoms with Gasteiger partial charge in [0.05, 0.1) is 0 Å². The number of carbonyl (C=O) groups excluding carboxylic acids is 1. The highest BCUT2D eigenvalue weighted by molar-refractivity contribution is 5.92. The second-order valence-electron chi connectivity index (χ2n) is 6.56. The fraction of sp³-hybridized carbons (Fsp3) is 0.474.